The van der Waals surface area contributed by atoms with Gasteiger partial charge in [-0.05, 0) is 37.6 Å². The summed E-state index contributed by atoms with van der Waals surface area (Å²) in [5, 5.41) is 3.38. The van der Waals surface area contributed by atoms with Crippen LogP contribution >= 0.6 is 23.6 Å². The van der Waals surface area contributed by atoms with Gasteiger partial charge in [-0.3, -0.25) is 0 Å². The Bertz CT molecular complexity index is 575. The fraction of sp³-hybridized carbons (Fsp3) is 0.231. The van der Waals surface area contributed by atoms with E-state index in [9.17, 15) is 0 Å². The molecule has 1 aromatic carbocycles. The summed E-state index contributed by atoms with van der Waals surface area (Å²) in [6.07, 6.45) is 0. The predicted molar refractivity (Wildman–Crippen MR) is 81.2 cm³/mol. The first-order chi connectivity index (χ1) is 8.58. The van der Waals surface area contributed by atoms with E-state index in [1.54, 1.807) is 11.3 Å². The van der Waals surface area contributed by atoms with Crippen LogP contribution in [0, 0.1) is 13.8 Å². The summed E-state index contributed by atoms with van der Waals surface area (Å²) in [6, 6.07) is 6.02. The van der Waals surface area contributed by atoms with E-state index < -0.39 is 0 Å². The molecule has 94 valence electrons. The van der Waals surface area contributed by atoms with Crippen LogP contribution in [0.2, 0.25) is 0 Å². The summed E-state index contributed by atoms with van der Waals surface area (Å²) in [4.78, 5) is 5.93. The molecule has 0 saturated heterocycles. The SMILES string of the molecule is Cc1cc(NCc2scnc2C)ccc1C(N)=S. The summed E-state index contributed by atoms with van der Waals surface area (Å²) in [6.45, 7) is 4.83. The Morgan fingerprint density at radius 3 is 2.78 bits per heavy atom. The molecule has 5 heteroatoms. The smallest absolute Gasteiger partial charge is 0.104 e. The Labute approximate surface area is 116 Å². The summed E-state index contributed by atoms with van der Waals surface area (Å²) >= 11 is 6.66. The van der Waals surface area contributed by atoms with Crippen molar-refractivity contribution in [3.8, 4) is 0 Å². The van der Waals surface area contributed by atoms with E-state index in [0.717, 1.165) is 29.1 Å². The van der Waals surface area contributed by atoms with Crippen LogP contribution in [0.25, 0.3) is 0 Å². The zero-order chi connectivity index (χ0) is 13.1. The monoisotopic (exact) mass is 277 g/mol. The highest BCUT2D eigenvalue weighted by atomic mass is 32.1. The molecule has 0 aliphatic carbocycles. The number of aromatic nitrogens is 1. The molecule has 1 aromatic heterocycles. The van der Waals surface area contributed by atoms with Crippen molar-refractivity contribution in [2.75, 3.05) is 5.32 Å². The van der Waals surface area contributed by atoms with Crippen molar-refractivity contribution in [3.05, 3.63) is 45.4 Å². The van der Waals surface area contributed by atoms with Crippen LogP contribution in [0.1, 0.15) is 21.7 Å². The number of thiocarbonyl (C=S) groups is 1. The van der Waals surface area contributed by atoms with Gasteiger partial charge >= 0.3 is 0 Å². The highest BCUT2D eigenvalue weighted by Crippen LogP contribution is 2.18. The lowest BCUT2D eigenvalue weighted by atomic mass is 10.1. The zero-order valence-electron chi connectivity index (χ0n) is 10.4. The van der Waals surface area contributed by atoms with Gasteiger partial charge in [0.1, 0.15) is 4.99 Å². The number of nitrogens with two attached hydrogens (primary N) is 1. The first-order valence-corrected chi connectivity index (χ1v) is 6.90. The van der Waals surface area contributed by atoms with Crippen molar-refractivity contribution >= 4 is 34.2 Å². The van der Waals surface area contributed by atoms with Crippen LogP contribution < -0.4 is 11.1 Å². The minimum atomic E-state index is 0.442. The normalized spacial score (nSPS) is 10.3. The largest absolute Gasteiger partial charge is 0.389 e. The number of nitrogens with zero attached hydrogens (tertiary/aromatic N) is 1. The van der Waals surface area contributed by atoms with E-state index in [4.69, 9.17) is 18.0 Å². The molecule has 2 aromatic rings. The number of nitrogens with one attached hydrogen (secondary N) is 1. The fourth-order valence-electron chi connectivity index (χ4n) is 1.73. The van der Waals surface area contributed by atoms with E-state index in [0.29, 0.717) is 4.99 Å². The summed E-state index contributed by atoms with van der Waals surface area (Å²) in [5.74, 6) is 0. The molecule has 3 nitrogen and oxygen atoms in total. The second-order valence-corrected chi connectivity index (χ2v) is 5.49. The van der Waals surface area contributed by atoms with E-state index in [-0.39, 0.29) is 0 Å². The molecule has 0 atom stereocenters. The number of anilines is 1. The van der Waals surface area contributed by atoms with Gasteiger partial charge in [-0.15, -0.1) is 11.3 Å². The second kappa shape index (κ2) is 5.46. The van der Waals surface area contributed by atoms with Crippen molar-refractivity contribution in [1.29, 1.82) is 0 Å². The average Bonchev–Trinajstić information content (AvgIpc) is 2.72. The average molecular weight is 277 g/mol. The molecule has 0 aliphatic rings. The lowest BCUT2D eigenvalue weighted by Crippen LogP contribution is -2.11. The van der Waals surface area contributed by atoms with Gasteiger partial charge in [0.05, 0.1) is 17.7 Å². The van der Waals surface area contributed by atoms with Gasteiger partial charge in [-0.25, -0.2) is 4.98 Å². The lowest BCUT2D eigenvalue weighted by Gasteiger charge is -2.09. The first-order valence-electron chi connectivity index (χ1n) is 5.61. The maximum absolute atomic E-state index is 5.64. The number of rotatable bonds is 4. The standard InChI is InChI=1S/C13H15N3S2/c1-8-5-10(3-4-11(8)13(14)17)15-6-12-9(2)16-7-18-12/h3-5,7,15H,6H2,1-2H3,(H2,14,17). The summed E-state index contributed by atoms with van der Waals surface area (Å²) in [5.41, 5.74) is 11.7. The molecule has 0 amide bonds. The Morgan fingerprint density at radius 2 is 2.22 bits per heavy atom. The molecule has 0 unspecified atom stereocenters. The Morgan fingerprint density at radius 1 is 1.44 bits per heavy atom. The minimum Gasteiger partial charge on any atom is -0.389 e. The number of aryl methyl sites for hydroxylation is 2. The van der Waals surface area contributed by atoms with Crippen molar-refractivity contribution in [3.63, 3.8) is 0 Å². The molecule has 0 bridgehead atoms. The maximum atomic E-state index is 5.64. The quantitative estimate of drug-likeness (QED) is 0.844. The zero-order valence-corrected chi connectivity index (χ0v) is 12.0. The van der Waals surface area contributed by atoms with Crippen molar-refractivity contribution < 1.29 is 0 Å². The highest BCUT2D eigenvalue weighted by Gasteiger charge is 2.04. The molecule has 0 fully saturated rings. The lowest BCUT2D eigenvalue weighted by molar-refractivity contribution is 1.12. The Kier molecular flexibility index (Phi) is 3.93. The van der Waals surface area contributed by atoms with E-state index in [1.807, 2.05) is 31.5 Å². The van der Waals surface area contributed by atoms with Gasteiger partial charge in [-0.1, -0.05) is 12.2 Å². The number of thiazole rings is 1. The number of hydrogen-bond acceptors (Lipinski definition) is 4. The molecular formula is C13H15N3S2. The molecule has 0 spiro atoms. The van der Waals surface area contributed by atoms with Crippen LogP contribution in [0.4, 0.5) is 5.69 Å². The van der Waals surface area contributed by atoms with E-state index >= 15 is 0 Å². The first kappa shape index (κ1) is 13.0. The van der Waals surface area contributed by atoms with Gasteiger partial charge < -0.3 is 11.1 Å². The number of hydrogen-bond donors (Lipinski definition) is 2. The van der Waals surface area contributed by atoms with Crippen LogP contribution in [0.3, 0.4) is 0 Å². The Balaban J connectivity index is 2.09. The van der Waals surface area contributed by atoms with Crippen LogP contribution in [0.15, 0.2) is 23.7 Å². The van der Waals surface area contributed by atoms with Crippen molar-refractivity contribution in [1.82, 2.24) is 4.98 Å². The van der Waals surface area contributed by atoms with Gasteiger partial charge in [0.2, 0.25) is 0 Å². The minimum absolute atomic E-state index is 0.442. The third-order valence-electron chi connectivity index (χ3n) is 2.79. The fourth-order valence-corrected chi connectivity index (χ4v) is 2.67. The number of benzene rings is 1. The molecular weight excluding hydrogens is 262 g/mol. The van der Waals surface area contributed by atoms with Crippen LogP contribution in [-0.2, 0) is 6.54 Å². The summed E-state index contributed by atoms with van der Waals surface area (Å²) < 4.78 is 0. The molecule has 3 N–H and O–H groups in total. The molecule has 0 aliphatic heterocycles. The van der Waals surface area contributed by atoms with Gasteiger partial charge in [-0.2, -0.15) is 0 Å². The molecule has 0 saturated carbocycles. The molecule has 18 heavy (non-hydrogen) atoms. The van der Waals surface area contributed by atoms with Crippen LogP contribution in [-0.4, -0.2) is 9.97 Å². The second-order valence-electron chi connectivity index (χ2n) is 4.11. The van der Waals surface area contributed by atoms with Crippen LogP contribution in [0.5, 0.6) is 0 Å². The Hall–Kier alpha value is -1.46. The van der Waals surface area contributed by atoms with Gasteiger partial charge in [0.15, 0.2) is 0 Å². The van der Waals surface area contributed by atoms with Crippen molar-refractivity contribution in [2.45, 2.75) is 20.4 Å². The molecule has 2 rings (SSSR count). The van der Waals surface area contributed by atoms with Gasteiger partial charge in [0.25, 0.3) is 0 Å². The van der Waals surface area contributed by atoms with E-state index in [2.05, 4.69) is 16.4 Å². The maximum Gasteiger partial charge on any atom is 0.104 e. The summed E-state index contributed by atoms with van der Waals surface area (Å²) in [7, 11) is 0. The highest BCUT2D eigenvalue weighted by molar-refractivity contribution is 7.80. The predicted octanol–water partition coefficient (Wildman–Crippen LogP) is 3.01. The third kappa shape index (κ3) is 2.86. The van der Waals surface area contributed by atoms with E-state index in [1.165, 1.54) is 4.88 Å². The topological polar surface area (TPSA) is 50.9 Å². The molecule has 0 radical (unpaired) electrons. The molecule has 1 heterocycles. The third-order valence-corrected chi connectivity index (χ3v) is 3.94. The van der Waals surface area contributed by atoms with Gasteiger partial charge in [0, 0.05) is 16.1 Å². The van der Waals surface area contributed by atoms with Crippen molar-refractivity contribution in [2.24, 2.45) is 5.73 Å².